The molecule has 0 aliphatic heterocycles. The highest BCUT2D eigenvalue weighted by Gasteiger charge is 2.27. The molecule has 0 spiro atoms. The van der Waals surface area contributed by atoms with Gasteiger partial charge in [-0.3, -0.25) is 0 Å². The zero-order valence-electron chi connectivity index (χ0n) is 12.5. The first-order chi connectivity index (χ1) is 9.38. The van der Waals surface area contributed by atoms with E-state index in [0.717, 1.165) is 18.7 Å². The molecule has 20 heavy (non-hydrogen) atoms. The van der Waals surface area contributed by atoms with Gasteiger partial charge >= 0.3 is 0 Å². The number of rotatable bonds is 8. The molecule has 1 aromatic rings. The molecule has 1 heterocycles. The van der Waals surface area contributed by atoms with Crippen molar-refractivity contribution in [2.75, 3.05) is 20.8 Å². The minimum Gasteiger partial charge on any atom is -0.383 e. The largest absolute Gasteiger partial charge is 0.383 e. The van der Waals surface area contributed by atoms with E-state index in [0.29, 0.717) is 12.5 Å². The molecular weight excluding hydrogens is 300 g/mol. The summed E-state index contributed by atoms with van der Waals surface area (Å²) in [6, 6.07) is 1.42. The molecule has 0 aliphatic carbocycles. The molecule has 0 fully saturated rings. The van der Waals surface area contributed by atoms with E-state index in [4.69, 9.17) is 16.3 Å². The Labute approximate surface area is 126 Å². The van der Waals surface area contributed by atoms with Gasteiger partial charge in [-0.25, -0.2) is 8.42 Å². The van der Waals surface area contributed by atoms with Gasteiger partial charge in [0.25, 0.3) is 0 Å². The molecule has 0 saturated heterocycles. The van der Waals surface area contributed by atoms with E-state index in [-0.39, 0.29) is 10.9 Å². The summed E-state index contributed by atoms with van der Waals surface area (Å²) in [5.74, 6) is 0.298. The lowest BCUT2D eigenvalue weighted by atomic mass is 10.4. The van der Waals surface area contributed by atoms with Gasteiger partial charge in [0.15, 0.2) is 0 Å². The summed E-state index contributed by atoms with van der Waals surface area (Å²) in [7, 11) is -0.395. The van der Waals surface area contributed by atoms with Crippen molar-refractivity contribution in [2.24, 2.45) is 0 Å². The van der Waals surface area contributed by atoms with Crippen molar-refractivity contribution in [1.82, 2.24) is 8.87 Å². The van der Waals surface area contributed by atoms with Gasteiger partial charge in [0.05, 0.1) is 12.5 Å². The van der Waals surface area contributed by atoms with Crippen LogP contribution in [0.4, 0.5) is 0 Å². The highest BCUT2D eigenvalue weighted by atomic mass is 35.5. The number of likely N-dealkylation sites (N-methyl/N-ethyl adjacent to an activating group) is 1. The predicted molar refractivity (Wildman–Crippen MR) is 80.6 cm³/mol. The lowest BCUT2D eigenvalue weighted by Crippen LogP contribution is -2.37. The highest BCUT2D eigenvalue weighted by molar-refractivity contribution is 7.89. The summed E-state index contributed by atoms with van der Waals surface area (Å²) < 4.78 is 33.3. The average Bonchev–Trinajstić information content (AvgIpc) is 2.82. The number of aryl methyl sites for hydroxylation is 1. The number of hydrogen-bond donors (Lipinski definition) is 0. The third-order valence-corrected chi connectivity index (χ3v) is 5.48. The van der Waals surface area contributed by atoms with Crippen molar-refractivity contribution in [3.05, 3.63) is 18.0 Å². The van der Waals surface area contributed by atoms with Crippen molar-refractivity contribution in [3.63, 3.8) is 0 Å². The van der Waals surface area contributed by atoms with Gasteiger partial charge in [0.1, 0.15) is 4.90 Å². The molecule has 1 unspecified atom stereocenters. The molecule has 0 aliphatic rings. The van der Waals surface area contributed by atoms with Crippen LogP contribution in [0.2, 0.25) is 0 Å². The summed E-state index contributed by atoms with van der Waals surface area (Å²) in [4.78, 5) is 0.284. The van der Waals surface area contributed by atoms with Gasteiger partial charge in [0, 0.05) is 38.6 Å². The second-order valence-corrected chi connectivity index (χ2v) is 7.08. The van der Waals surface area contributed by atoms with Gasteiger partial charge in [-0.2, -0.15) is 4.31 Å². The minimum atomic E-state index is -3.52. The fourth-order valence-corrected chi connectivity index (χ4v) is 3.62. The van der Waals surface area contributed by atoms with E-state index in [1.54, 1.807) is 26.4 Å². The Bertz CT molecular complexity index is 528. The van der Waals surface area contributed by atoms with Gasteiger partial charge in [-0.05, 0) is 19.4 Å². The second kappa shape index (κ2) is 7.45. The molecular formula is C13H23ClN2O3S. The van der Waals surface area contributed by atoms with E-state index in [1.807, 2.05) is 18.4 Å². The van der Waals surface area contributed by atoms with Crippen LogP contribution in [0.15, 0.2) is 17.2 Å². The van der Waals surface area contributed by atoms with Crippen LogP contribution in [0.3, 0.4) is 0 Å². The zero-order chi connectivity index (χ0) is 15.3. The molecule has 0 N–H and O–H groups in total. The lowest BCUT2D eigenvalue weighted by molar-refractivity contribution is 0.149. The van der Waals surface area contributed by atoms with E-state index < -0.39 is 10.0 Å². The Morgan fingerprint density at radius 2 is 2.15 bits per heavy atom. The Morgan fingerprint density at radius 3 is 2.65 bits per heavy atom. The Balaban J connectivity index is 3.09. The molecule has 1 rings (SSSR count). The van der Waals surface area contributed by atoms with Gasteiger partial charge in [-0.15, -0.1) is 11.6 Å². The molecule has 116 valence electrons. The van der Waals surface area contributed by atoms with Crippen molar-refractivity contribution >= 4 is 21.6 Å². The minimum absolute atomic E-state index is 0.223. The SMILES string of the molecule is CCCn1cc(S(=O)(=O)N(C)C(C)COC)cc1CCl. The Morgan fingerprint density at radius 1 is 1.50 bits per heavy atom. The van der Waals surface area contributed by atoms with Crippen LogP contribution in [0.1, 0.15) is 26.0 Å². The molecule has 7 heteroatoms. The first kappa shape index (κ1) is 17.5. The number of alkyl halides is 1. The van der Waals surface area contributed by atoms with E-state index in [1.165, 1.54) is 4.31 Å². The second-order valence-electron chi connectivity index (χ2n) is 4.82. The number of ether oxygens (including phenoxy) is 1. The van der Waals surface area contributed by atoms with E-state index in [9.17, 15) is 8.42 Å². The normalized spacial score (nSPS) is 13.9. The van der Waals surface area contributed by atoms with Crippen LogP contribution >= 0.6 is 11.6 Å². The highest BCUT2D eigenvalue weighted by Crippen LogP contribution is 2.21. The molecule has 1 atom stereocenters. The maximum atomic E-state index is 12.5. The van der Waals surface area contributed by atoms with Gasteiger partial charge < -0.3 is 9.30 Å². The third kappa shape index (κ3) is 3.75. The fraction of sp³-hybridized carbons (Fsp3) is 0.692. The summed E-state index contributed by atoms with van der Waals surface area (Å²) in [6.07, 6.45) is 2.58. The van der Waals surface area contributed by atoms with E-state index >= 15 is 0 Å². The summed E-state index contributed by atoms with van der Waals surface area (Å²) in [6.45, 7) is 4.97. The van der Waals surface area contributed by atoms with Crippen LogP contribution in [0.25, 0.3) is 0 Å². The van der Waals surface area contributed by atoms with Crippen molar-refractivity contribution in [2.45, 2.75) is 43.6 Å². The number of nitrogens with zero attached hydrogens (tertiary/aromatic N) is 2. The lowest BCUT2D eigenvalue weighted by Gasteiger charge is -2.23. The maximum absolute atomic E-state index is 12.5. The molecule has 1 aromatic heterocycles. The van der Waals surface area contributed by atoms with Crippen molar-refractivity contribution in [1.29, 1.82) is 0 Å². The Hall–Kier alpha value is -0.560. The quantitative estimate of drug-likeness (QED) is 0.690. The number of sulfonamides is 1. The number of halogens is 1. The first-order valence-corrected chi connectivity index (χ1v) is 8.57. The van der Waals surface area contributed by atoms with Crippen LogP contribution in [0, 0.1) is 0 Å². The number of hydrogen-bond acceptors (Lipinski definition) is 3. The van der Waals surface area contributed by atoms with Crippen LogP contribution < -0.4 is 0 Å². The number of methoxy groups -OCH3 is 1. The summed E-state index contributed by atoms with van der Waals surface area (Å²) in [5.41, 5.74) is 0.819. The van der Waals surface area contributed by atoms with Gasteiger partial charge in [-0.1, -0.05) is 6.92 Å². The van der Waals surface area contributed by atoms with Crippen LogP contribution in [-0.2, 0) is 27.2 Å². The monoisotopic (exact) mass is 322 g/mol. The Kier molecular flexibility index (Phi) is 6.51. The van der Waals surface area contributed by atoms with Gasteiger partial charge in [0.2, 0.25) is 10.0 Å². The standard InChI is InChI=1S/C13H23ClN2O3S/c1-5-6-16-9-13(7-12(16)8-14)20(17,18)15(3)11(2)10-19-4/h7,9,11H,5-6,8,10H2,1-4H3. The molecule has 0 bridgehead atoms. The smallest absolute Gasteiger partial charge is 0.244 e. The number of aromatic nitrogens is 1. The van der Waals surface area contributed by atoms with Crippen LogP contribution in [0.5, 0.6) is 0 Å². The molecule has 0 radical (unpaired) electrons. The average molecular weight is 323 g/mol. The zero-order valence-corrected chi connectivity index (χ0v) is 14.0. The molecule has 0 saturated carbocycles. The topological polar surface area (TPSA) is 51.5 Å². The molecule has 5 nitrogen and oxygen atoms in total. The fourth-order valence-electron chi connectivity index (χ4n) is 1.98. The predicted octanol–water partition coefficient (Wildman–Crippen LogP) is 2.29. The first-order valence-electron chi connectivity index (χ1n) is 6.60. The molecule has 0 aromatic carbocycles. The van der Waals surface area contributed by atoms with Crippen molar-refractivity contribution in [3.8, 4) is 0 Å². The third-order valence-electron chi connectivity index (χ3n) is 3.27. The maximum Gasteiger partial charge on any atom is 0.244 e. The summed E-state index contributed by atoms with van der Waals surface area (Å²) >= 11 is 5.87. The summed E-state index contributed by atoms with van der Waals surface area (Å²) in [5, 5.41) is 0. The molecule has 0 amide bonds. The van der Waals surface area contributed by atoms with Crippen LogP contribution in [-0.4, -0.2) is 44.1 Å². The van der Waals surface area contributed by atoms with Crippen molar-refractivity contribution < 1.29 is 13.2 Å². The van der Waals surface area contributed by atoms with E-state index in [2.05, 4.69) is 0 Å².